The Morgan fingerprint density at radius 2 is 1.66 bits per heavy atom. The minimum atomic E-state index is -0.601. The van der Waals surface area contributed by atoms with Gasteiger partial charge in [0.2, 0.25) is 5.91 Å². The van der Waals surface area contributed by atoms with Gasteiger partial charge in [-0.15, -0.1) is 0 Å². The zero-order valence-electron chi connectivity index (χ0n) is 25.5. The lowest BCUT2D eigenvalue weighted by atomic mass is 10.2. The smallest absolute Gasteiger partial charge is 0.327 e. The molecule has 3 rings (SSSR count). The molecule has 1 saturated heterocycles. The molecule has 0 unspecified atom stereocenters. The first-order valence-electron chi connectivity index (χ1n) is 13.7. The Labute approximate surface area is 268 Å². The second-order valence-corrected chi connectivity index (χ2v) is 10.3. The number of hydrogen-bond donors (Lipinski definition) is 3. The first-order valence-corrected chi connectivity index (χ1v) is 14.5. The van der Waals surface area contributed by atoms with Crippen LogP contribution in [0.2, 0.25) is 10.0 Å². The van der Waals surface area contributed by atoms with E-state index in [1.54, 1.807) is 0 Å². The lowest BCUT2D eigenvalue weighted by Crippen LogP contribution is -2.46. The third-order valence-electron chi connectivity index (χ3n) is 7.01. The maximum atomic E-state index is 13.3. The minimum absolute atomic E-state index is 0.102. The molecule has 1 aliphatic rings. The Morgan fingerprint density at radius 3 is 2.18 bits per heavy atom. The van der Waals surface area contributed by atoms with E-state index in [9.17, 15) is 9.59 Å². The van der Waals surface area contributed by atoms with Crippen LogP contribution in [0.25, 0.3) is 0 Å². The molecule has 12 nitrogen and oxygen atoms in total. The van der Waals surface area contributed by atoms with Crippen molar-refractivity contribution in [3.63, 3.8) is 0 Å². The van der Waals surface area contributed by atoms with E-state index >= 15 is 0 Å². The van der Waals surface area contributed by atoms with Gasteiger partial charge in [-0.05, 0) is 37.5 Å². The Hall–Kier alpha value is -4.26. The summed E-state index contributed by atoms with van der Waals surface area (Å²) in [6, 6.07) is 6.63. The highest BCUT2D eigenvalue weighted by Crippen LogP contribution is 2.44. The Bertz CT molecular complexity index is 1430. The largest absolute Gasteiger partial charge is 0.495 e. The fourth-order valence-electron chi connectivity index (χ4n) is 4.43. The van der Waals surface area contributed by atoms with Crippen molar-refractivity contribution in [1.29, 1.82) is 0 Å². The van der Waals surface area contributed by atoms with Crippen LogP contribution < -0.4 is 30.3 Å². The Morgan fingerprint density at radius 1 is 1.02 bits per heavy atom. The molecular weight excluding hydrogens is 607 g/mol. The number of nitrogens with one attached hydrogen (secondary N) is 3. The third kappa shape index (κ3) is 8.22. The van der Waals surface area contributed by atoms with Gasteiger partial charge in [-0.3, -0.25) is 14.7 Å². The molecule has 0 spiro atoms. The summed E-state index contributed by atoms with van der Waals surface area (Å²) in [5.41, 5.74) is 2.16. The van der Waals surface area contributed by atoms with Crippen molar-refractivity contribution in [2.45, 2.75) is 6.92 Å². The van der Waals surface area contributed by atoms with Crippen molar-refractivity contribution in [1.82, 2.24) is 9.80 Å². The standard InChI is InChI=1S/C30H38Cl2N8O4/c1-8-26(41)36-21-16-19(40-14-12-39(9-2)13-15-40)10-11-20(21)35-24(33-3)18-25(34-4)38(5)30(42)37-29-27(31)22(43-6)17-23(44-7)28(29)32/h8,10-11,16-18,35H,1,3,9,12-15H2,2,4-7H3,(H,36,41)(H,37,42)/b24-18+,34-25?. The number of halogens is 2. The van der Waals surface area contributed by atoms with Gasteiger partial charge in [0.05, 0.1) is 31.3 Å². The number of amides is 3. The highest BCUT2D eigenvalue weighted by Gasteiger charge is 2.22. The first kappa shape index (κ1) is 34.2. The first-order chi connectivity index (χ1) is 21.1. The van der Waals surface area contributed by atoms with E-state index < -0.39 is 6.03 Å². The number of hydrogen-bond acceptors (Lipinski definition) is 9. The third-order valence-corrected chi connectivity index (χ3v) is 7.76. The SMILES string of the molecule is C=CC(=O)Nc1cc(N2CCN(CC)CC2)ccc1N/C(=C/C(=NC)N(C)C(=O)Nc1c(Cl)c(OC)cc(OC)c1Cl)N=C. The molecule has 0 saturated carbocycles. The van der Waals surface area contributed by atoms with Crippen LogP contribution in [0.5, 0.6) is 11.5 Å². The van der Waals surface area contributed by atoms with Crippen molar-refractivity contribution >= 4 is 70.4 Å². The molecule has 1 aliphatic heterocycles. The van der Waals surface area contributed by atoms with E-state index in [0.29, 0.717) is 11.4 Å². The van der Waals surface area contributed by atoms with Gasteiger partial charge in [-0.1, -0.05) is 36.7 Å². The number of methoxy groups -OCH3 is 2. The summed E-state index contributed by atoms with van der Waals surface area (Å²) in [6.45, 7) is 14.1. The molecule has 0 aromatic heterocycles. The van der Waals surface area contributed by atoms with Crippen LogP contribution in [0.3, 0.4) is 0 Å². The molecule has 3 N–H and O–H groups in total. The maximum absolute atomic E-state index is 13.3. The number of nitrogens with zero attached hydrogens (tertiary/aromatic N) is 5. The molecule has 0 bridgehead atoms. The summed E-state index contributed by atoms with van der Waals surface area (Å²) in [6.07, 6.45) is 2.73. The van der Waals surface area contributed by atoms with Crippen molar-refractivity contribution in [3.05, 3.63) is 58.9 Å². The normalized spacial score (nSPS) is 14.0. The molecule has 1 heterocycles. The predicted octanol–water partition coefficient (Wildman–Crippen LogP) is 5.42. The van der Waals surface area contributed by atoms with Crippen LogP contribution >= 0.6 is 23.2 Å². The summed E-state index contributed by atoms with van der Waals surface area (Å²) in [5.74, 6) is 0.665. The second-order valence-electron chi connectivity index (χ2n) is 9.51. The van der Waals surface area contributed by atoms with Gasteiger partial charge in [0.1, 0.15) is 33.2 Å². The Balaban J connectivity index is 1.86. The maximum Gasteiger partial charge on any atom is 0.327 e. The van der Waals surface area contributed by atoms with Gasteiger partial charge < -0.3 is 35.2 Å². The number of carbonyl (C=O) groups excluding carboxylic acids is 2. The summed E-state index contributed by atoms with van der Waals surface area (Å²) >= 11 is 12.8. The number of amidine groups is 1. The van der Waals surface area contributed by atoms with Crippen molar-refractivity contribution in [3.8, 4) is 11.5 Å². The van der Waals surface area contributed by atoms with Gasteiger partial charge in [0, 0.05) is 58.1 Å². The Kier molecular flexibility index (Phi) is 12.4. The molecule has 2 aromatic carbocycles. The van der Waals surface area contributed by atoms with Gasteiger partial charge in [-0.25, -0.2) is 9.79 Å². The zero-order valence-corrected chi connectivity index (χ0v) is 27.1. The quantitative estimate of drug-likeness (QED) is 0.169. The topological polar surface area (TPSA) is 123 Å². The number of anilines is 4. The van der Waals surface area contributed by atoms with E-state index in [-0.39, 0.29) is 44.8 Å². The lowest BCUT2D eigenvalue weighted by molar-refractivity contribution is -0.111. The molecule has 1 fully saturated rings. The van der Waals surface area contributed by atoms with E-state index in [4.69, 9.17) is 32.7 Å². The molecule has 0 atom stereocenters. The number of carbonyl (C=O) groups is 2. The summed E-state index contributed by atoms with van der Waals surface area (Å²) in [7, 11) is 5.90. The summed E-state index contributed by atoms with van der Waals surface area (Å²) in [4.78, 5) is 39.8. The van der Waals surface area contributed by atoms with Gasteiger partial charge >= 0.3 is 6.03 Å². The number of ether oxygens (including phenoxy) is 2. The molecule has 0 radical (unpaired) electrons. The van der Waals surface area contributed by atoms with E-state index in [1.807, 2.05) is 18.2 Å². The fourth-order valence-corrected chi connectivity index (χ4v) is 5.03. The number of piperazine rings is 1. The average molecular weight is 646 g/mol. The molecule has 0 aliphatic carbocycles. The molecule has 236 valence electrons. The van der Waals surface area contributed by atoms with Crippen LogP contribution in [-0.2, 0) is 4.79 Å². The average Bonchev–Trinajstić information content (AvgIpc) is 3.05. The molecular formula is C30H38Cl2N8O4. The van der Waals surface area contributed by atoms with Crippen LogP contribution in [0.1, 0.15) is 6.92 Å². The lowest BCUT2D eigenvalue weighted by Gasteiger charge is -2.35. The van der Waals surface area contributed by atoms with Crippen LogP contribution in [-0.4, -0.2) is 95.3 Å². The van der Waals surface area contributed by atoms with Crippen molar-refractivity contribution in [2.75, 3.05) is 81.9 Å². The van der Waals surface area contributed by atoms with Crippen LogP contribution in [0, 0.1) is 0 Å². The number of benzene rings is 2. The van der Waals surface area contributed by atoms with E-state index in [0.717, 1.165) is 38.4 Å². The van der Waals surface area contributed by atoms with Gasteiger partial charge in [0.15, 0.2) is 0 Å². The van der Waals surface area contributed by atoms with Crippen molar-refractivity contribution < 1.29 is 19.1 Å². The van der Waals surface area contributed by atoms with Crippen LogP contribution in [0.4, 0.5) is 27.5 Å². The predicted molar refractivity (Wildman–Crippen MR) is 181 cm³/mol. The van der Waals surface area contributed by atoms with Gasteiger partial charge in [-0.2, -0.15) is 0 Å². The number of rotatable bonds is 11. The monoisotopic (exact) mass is 644 g/mol. The minimum Gasteiger partial charge on any atom is -0.495 e. The van der Waals surface area contributed by atoms with Gasteiger partial charge in [0.25, 0.3) is 0 Å². The second kappa shape index (κ2) is 16.0. The zero-order chi connectivity index (χ0) is 32.4. The summed E-state index contributed by atoms with van der Waals surface area (Å²) in [5, 5.41) is 8.92. The number of aliphatic imine (C=N–C) groups is 2. The van der Waals surface area contributed by atoms with Crippen LogP contribution in [0.15, 0.2) is 58.8 Å². The molecule has 14 heteroatoms. The van der Waals surface area contributed by atoms with E-state index in [2.05, 4.69) is 56.0 Å². The molecule has 2 aromatic rings. The summed E-state index contributed by atoms with van der Waals surface area (Å²) < 4.78 is 10.6. The molecule has 3 amide bonds. The highest BCUT2D eigenvalue weighted by molar-refractivity contribution is 6.41. The van der Waals surface area contributed by atoms with Crippen molar-refractivity contribution in [2.24, 2.45) is 9.98 Å². The highest BCUT2D eigenvalue weighted by atomic mass is 35.5. The fraction of sp³-hybridized carbons (Fsp3) is 0.333. The van der Waals surface area contributed by atoms with E-state index in [1.165, 1.54) is 51.4 Å². The number of urea groups is 1. The molecule has 44 heavy (non-hydrogen) atoms. The number of likely N-dealkylation sites (N-methyl/N-ethyl adjacent to an activating group) is 2.